The number of hydrogen-bond donors (Lipinski definition) is 1. The van der Waals surface area contributed by atoms with Crippen LogP contribution in [0.4, 0.5) is 0 Å². The fourth-order valence-corrected chi connectivity index (χ4v) is 4.70. The molecule has 2 atom stereocenters. The molecule has 3 aliphatic rings. The van der Waals surface area contributed by atoms with Crippen molar-refractivity contribution in [2.75, 3.05) is 20.4 Å². The second kappa shape index (κ2) is 5.85. The van der Waals surface area contributed by atoms with Crippen molar-refractivity contribution < 1.29 is 19.1 Å². The number of carbonyl (C=O) groups is 2. The summed E-state index contributed by atoms with van der Waals surface area (Å²) in [5, 5.41) is 0.496. The van der Waals surface area contributed by atoms with E-state index in [4.69, 9.17) is 9.47 Å². The predicted octanol–water partition coefficient (Wildman–Crippen LogP) is 1.70. The molecular weight excluding hydrogens is 386 g/mol. The molecule has 0 aliphatic carbocycles. The summed E-state index contributed by atoms with van der Waals surface area (Å²) in [5.74, 6) is 0.729. The molecule has 1 aromatic heterocycles. The van der Waals surface area contributed by atoms with E-state index < -0.39 is 12.1 Å². The van der Waals surface area contributed by atoms with E-state index in [0.29, 0.717) is 33.7 Å². The van der Waals surface area contributed by atoms with E-state index in [9.17, 15) is 14.4 Å². The third-order valence-electron chi connectivity index (χ3n) is 6.06. The standard InChI is InChI=1S/C22H17N3O5/c1-24-9-16(26)25-19(11-6-7-14-15(8-11)30-10-29-14)18-17(20(25)22(24)28)21(27)12-4-2-3-5-13(12)23-18/h2-8,19-20H,9-10H2,1H3,(H,23,27). The number of aromatic nitrogens is 1. The maximum atomic E-state index is 13.4. The first kappa shape index (κ1) is 17.1. The number of aromatic amines is 1. The predicted molar refractivity (Wildman–Crippen MR) is 106 cm³/mol. The second-order valence-electron chi connectivity index (χ2n) is 7.74. The highest BCUT2D eigenvalue weighted by Gasteiger charge is 2.52. The van der Waals surface area contributed by atoms with Crippen LogP contribution in [-0.2, 0) is 9.59 Å². The molecule has 150 valence electrons. The van der Waals surface area contributed by atoms with Crippen LogP contribution in [0.25, 0.3) is 10.9 Å². The molecule has 3 aliphatic heterocycles. The lowest BCUT2D eigenvalue weighted by Gasteiger charge is -2.37. The number of likely N-dealkylation sites (N-methyl/N-ethyl adjacent to an activating group) is 1. The van der Waals surface area contributed by atoms with Crippen LogP contribution >= 0.6 is 0 Å². The van der Waals surface area contributed by atoms with Gasteiger partial charge in [-0.25, -0.2) is 0 Å². The number of piperazine rings is 1. The van der Waals surface area contributed by atoms with E-state index in [2.05, 4.69) is 4.98 Å². The molecule has 30 heavy (non-hydrogen) atoms. The van der Waals surface area contributed by atoms with E-state index in [0.717, 1.165) is 5.56 Å². The summed E-state index contributed by atoms with van der Waals surface area (Å²) in [6.07, 6.45) is 0. The molecule has 8 nitrogen and oxygen atoms in total. The number of nitrogens with zero attached hydrogens (tertiary/aromatic N) is 2. The number of benzene rings is 2. The average Bonchev–Trinajstić information content (AvgIpc) is 3.34. The average molecular weight is 403 g/mol. The topological polar surface area (TPSA) is 91.9 Å². The number of amides is 2. The van der Waals surface area contributed by atoms with Gasteiger partial charge in [-0.3, -0.25) is 14.4 Å². The number of ether oxygens (including phenoxy) is 2. The highest BCUT2D eigenvalue weighted by Crippen LogP contribution is 2.47. The van der Waals surface area contributed by atoms with Crippen molar-refractivity contribution in [2.45, 2.75) is 12.1 Å². The third-order valence-corrected chi connectivity index (χ3v) is 6.06. The highest BCUT2D eigenvalue weighted by atomic mass is 16.7. The normalized spacial score (nSPS) is 21.9. The van der Waals surface area contributed by atoms with Crippen LogP contribution in [0.2, 0.25) is 0 Å². The van der Waals surface area contributed by atoms with Crippen LogP contribution in [0, 0.1) is 0 Å². The number of nitrogens with one attached hydrogen (secondary N) is 1. The van der Waals surface area contributed by atoms with Gasteiger partial charge in [-0.15, -0.1) is 0 Å². The number of para-hydroxylation sites is 1. The van der Waals surface area contributed by atoms with E-state index in [-0.39, 0.29) is 30.6 Å². The van der Waals surface area contributed by atoms with Crippen molar-refractivity contribution in [1.82, 2.24) is 14.8 Å². The Kier molecular flexibility index (Phi) is 3.33. The third kappa shape index (κ3) is 2.13. The summed E-state index contributed by atoms with van der Waals surface area (Å²) >= 11 is 0. The Morgan fingerprint density at radius 1 is 1.00 bits per heavy atom. The van der Waals surface area contributed by atoms with E-state index in [1.165, 1.54) is 9.80 Å². The van der Waals surface area contributed by atoms with E-state index >= 15 is 0 Å². The highest BCUT2D eigenvalue weighted by molar-refractivity contribution is 5.98. The molecule has 2 aromatic carbocycles. The summed E-state index contributed by atoms with van der Waals surface area (Å²) < 4.78 is 10.9. The van der Waals surface area contributed by atoms with Crippen LogP contribution < -0.4 is 14.9 Å². The summed E-state index contributed by atoms with van der Waals surface area (Å²) in [5.41, 5.74) is 2.09. The molecule has 0 spiro atoms. The summed E-state index contributed by atoms with van der Waals surface area (Å²) in [6, 6.07) is 11.1. The number of pyridine rings is 1. The van der Waals surface area contributed by atoms with Gasteiger partial charge in [-0.2, -0.15) is 0 Å². The molecule has 1 saturated heterocycles. The molecule has 0 bridgehead atoms. The molecule has 1 fully saturated rings. The van der Waals surface area contributed by atoms with E-state index in [1.54, 1.807) is 25.2 Å². The Morgan fingerprint density at radius 3 is 2.67 bits per heavy atom. The molecular formula is C22H17N3O5. The van der Waals surface area contributed by atoms with Gasteiger partial charge in [0, 0.05) is 18.0 Å². The first-order valence-electron chi connectivity index (χ1n) is 9.65. The van der Waals surface area contributed by atoms with Gasteiger partial charge in [0.25, 0.3) is 0 Å². The summed E-state index contributed by atoms with van der Waals surface area (Å²) in [7, 11) is 1.58. The molecule has 2 unspecified atom stereocenters. The van der Waals surface area contributed by atoms with Crippen LogP contribution in [0.1, 0.15) is 28.9 Å². The van der Waals surface area contributed by atoms with Gasteiger partial charge in [-0.1, -0.05) is 18.2 Å². The number of carbonyl (C=O) groups excluding carboxylic acids is 2. The first-order chi connectivity index (χ1) is 14.5. The van der Waals surface area contributed by atoms with Crippen LogP contribution in [0.3, 0.4) is 0 Å². The van der Waals surface area contributed by atoms with Gasteiger partial charge >= 0.3 is 0 Å². The number of rotatable bonds is 1. The zero-order valence-corrected chi connectivity index (χ0v) is 16.0. The SMILES string of the molecule is CN1CC(=O)N2C(C1=O)c1c([nH]c3ccccc3c1=O)C2c1ccc2c(c1)OCO2. The number of fused-ring (bicyclic) bond motifs is 5. The summed E-state index contributed by atoms with van der Waals surface area (Å²) in [4.78, 5) is 45.9. The zero-order chi connectivity index (χ0) is 20.6. The molecule has 0 radical (unpaired) electrons. The second-order valence-corrected chi connectivity index (χ2v) is 7.74. The van der Waals surface area contributed by atoms with Gasteiger partial charge in [0.05, 0.1) is 23.8 Å². The van der Waals surface area contributed by atoms with E-state index in [1.807, 2.05) is 24.3 Å². The molecule has 0 saturated carbocycles. The van der Waals surface area contributed by atoms with Crippen molar-refractivity contribution in [1.29, 1.82) is 0 Å². The lowest BCUT2D eigenvalue weighted by Crippen LogP contribution is -2.53. The molecule has 6 rings (SSSR count). The van der Waals surface area contributed by atoms with Gasteiger partial charge < -0.3 is 24.3 Å². The van der Waals surface area contributed by atoms with Gasteiger partial charge in [-0.05, 0) is 29.8 Å². The first-order valence-corrected chi connectivity index (χ1v) is 9.65. The maximum Gasteiger partial charge on any atom is 0.250 e. The van der Waals surface area contributed by atoms with Crippen LogP contribution in [0.5, 0.6) is 11.5 Å². The van der Waals surface area contributed by atoms with Gasteiger partial charge in [0.1, 0.15) is 6.04 Å². The van der Waals surface area contributed by atoms with Crippen molar-refractivity contribution in [3.63, 3.8) is 0 Å². The minimum absolute atomic E-state index is 0.0297. The van der Waals surface area contributed by atoms with Gasteiger partial charge in [0.15, 0.2) is 16.9 Å². The number of H-pyrrole nitrogens is 1. The zero-order valence-electron chi connectivity index (χ0n) is 16.0. The van der Waals surface area contributed by atoms with Crippen molar-refractivity contribution >= 4 is 22.7 Å². The molecule has 1 N–H and O–H groups in total. The molecule has 3 aromatic rings. The largest absolute Gasteiger partial charge is 0.454 e. The Balaban J connectivity index is 1.65. The maximum absolute atomic E-state index is 13.4. The minimum atomic E-state index is -0.949. The lowest BCUT2D eigenvalue weighted by atomic mass is 9.99. The minimum Gasteiger partial charge on any atom is -0.454 e. The summed E-state index contributed by atoms with van der Waals surface area (Å²) in [6.45, 7) is 0.105. The van der Waals surface area contributed by atoms with Crippen LogP contribution in [-0.4, -0.2) is 47.0 Å². The van der Waals surface area contributed by atoms with Crippen LogP contribution in [0.15, 0.2) is 47.3 Å². The lowest BCUT2D eigenvalue weighted by molar-refractivity contribution is -0.155. The fraction of sp³-hybridized carbons (Fsp3) is 0.227. The smallest absolute Gasteiger partial charge is 0.250 e. The van der Waals surface area contributed by atoms with Crippen molar-refractivity contribution in [3.8, 4) is 11.5 Å². The van der Waals surface area contributed by atoms with Crippen molar-refractivity contribution in [2.24, 2.45) is 0 Å². The molecule has 4 heterocycles. The Morgan fingerprint density at radius 2 is 1.80 bits per heavy atom. The number of hydrogen-bond acceptors (Lipinski definition) is 5. The monoisotopic (exact) mass is 403 g/mol. The molecule has 8 heteroatoms. The Bertz CT molecular complexity index is 1310. The van der Waals surface area contributed by atoms with Gasteiger partial charge in [0.2, 0.25) is 18.6 Å². The quantitative estimate of drug-likeness (QED) is 0.668. The molecule has 2 amide bonds. The Labute approximate surface area is 170 Å². The fourth-order valence-electron chi connectivity index (χ4n) is 4.70. The Hall–Kier alpha value is -3.81. The van der Waals surface area contributed by atoms with Crippen molar-refractivity contribution in [3.05, 3.63) is 69.5 Å².